The van der Waals surface area contributed by atoms with Crippen molar-refractivity contribution in [3.8, 4) is 17.0 Å². The standard InChI is InChI=1S/C15H17NO3S/c1-10-15(16-11(2)20-10)12-5-7-13(8-6-12)19-9-3-4-14(17)18/h5-8H,3-4,9H2,1-2H3,(H,17,18). The first-order valence-electron chi connectivity index (χ1n) is 6.45. The number of hydrogen-bond acceptors (Lipinski definition) is 4. The van der Waals surface area contributed by atoms with Crippen molar-refractivity contribution in [3.63, 3.8) is 0 Å². The number of ether oxygens (including phenoxy) is 1. The summed E-state index contributed by atoms with van der Waals surface area (Å²) in [5.74, 6) is -0.0398. The number of carbonyl (C=O) groups is 1. The van der Waals surface area contributed by atoms with Gasteiger partial charge in [0.1, 0.15) is 5.75 Å². The van der Waals surface area contributed by atoms with Crippen molar-refractivity contribution in [1.29, 1.82) is 0 Å². The van der Waals surface area contributed by atoms with Crippen LogP contribution < -0.4 is 4.74 Å². The van der Waals surface area contributed by atoms with Gasteiger partial charge < -0.3 is 9.84 Å². The summed E-state index contributed by atoms with van der Waals surface area (Å²) in [5, 5.41) is 9.60. The molecule has 0 aliphatic carbocycles. The Kier molecular flexibility index (Phi) is 4.74. The fraction of sp³-hybridized carbons (Fsp3) is 0.333. The summed E-state index contributed by atoms with van der Waals surface area (Å²) in [6.07, 6.45) is 0.650. The Balaban J connectivity index is 1.96. The van der Waals surface area contributed by atoms with E-state index < -0.39 is 5.97 Å². The predicted octanol–water partition coefficient (Wildman–Crippen LogP) is 3.67. The van der Waals surface area contributed by atoms with E-state index in [4.69, 9.17) is 9.84 Å². The topological polar surface area (TPSA) is 59.4 Å². The largest absolute Gasteiger partial charge is 0.494 e. The summed E-state index contributed by atoms with van der Waals surface area (Å²) in [5.41, 5.74) is 2.09. The normalized spacial score (nSPS) is 10.5. The number of carboxylic acid groups (broad SMARTS) is 1. The van der Waals surface area contributed by atoms with E-state index in [0.29, 0.717) is 13.0 Å². The first kappa shape index (κ1) is 14.5. The molecule has 20 heavy (non-hydrogen) atoms. The van der Waals surface area contributed by atoms with Crippen molar-refractivity contribution in [2.24, 2.45) is 0 Å². The number of aliphatic carboxylic acids is 1. The van der Waals surface area contributed by atoms with Gasteiger partial charge in [-0.15, -0.1) is 11.3 Å². The van der Waals surface area contributed by atoms with Crippen molar-refractivity contribution in [2.45, 2.75) is 26.7 Å². The Bertz CT molecular complexity index is 590. The van der Waals surface area contributed by atoms with Crippen LogP contribution in [0.25, 0.3) is 11.3 Å². The summed E-state index contributed by atoms with van der Waals surface area (Å²) in [6, 6.07) is 7.75. The zero-order chi connectivity index (χ0) is 14.5. The number of nitrogens with zero attached hydrogens (tertiary/aromatic N) is 1. The molecule has 1 aromatic heterocycles. The van der Waals surface area contributed by atoms with Crippen LogP contribution in [0.15, 0.2) is 24.3 Å². The van der Waals surface area contributed by atoms with Crippen molar-refractivity contribution < 1.29 is 14.6 Å². The number of benzene rings is 1. The molecule has 0 saturated heterocycles. The van der Waals surface area contributed by atoms with Crippen LogP contribution in [0.4, 0.5) is 0 Å². The highest BCUT2D eigenvalue weighted by Crippen LogP contribution is 2.28. The molecule has 0 spiro atoms. The lowest BCUT2D eigenvalue weighted by atomic mass is 10.1. The molecule has 0 atom stereocenters. The van der Waals surface area contributed by atoms with E-state index in [-0.39, 0.29) is 6.42 Å². The highest BCUT2D eigenvalue weighted by Gasteiger charge is 2.07. The van der Waals surface area contributed by atoms with E-state index in [9.17, 15) is 4.79 Å². The molecule has 2 aromatic rings. The SMILES string of the molecule is Cc1nc(-c2ccc(OCCCC(=O)O)cc2)c(C)s1. The Hall–Kier alpha value is -1.88. The molecule has 0 amide bonds. The van der Waals surface area contributed by atoms with Gasteiger partial charge in [-0.2, -0.15) is 0 Å². The number of thiazole rings is 1. The van der Waals surface area contributed by atoms with Crippen molar-refractivity contribution in [2.75, 3.05) is 6.61 Å². The molecule has 0 fully saturated rings. The first-order valence-corrected chi connectivity index (χ1v) is 7.27. The van der Waals surface area contributed by atoms with Gasteiger partial charge in [0.05, 0.1) is 17.3 Å². The van der Waals surface area contributed by atoms with Gasteiger partial charge in [0.15, 0.2) is 0 Å². The maximum Gasteiger partial charge on any atom is 0.303 e. The van der Waals surface area contributed by atoms with Crippen LogP contribution in [0.2, 0.25) is 0 Å². The van der Waals surface area contributed by atoms with Crippen LogP contribution in [0.1, 0.15) is 22.7 Å². The van der Waals surface area contributed by atoms with E-state index in [1.165, 1.54) is 4.88 Å². The van der Waals surface area contributed by atoms with Crippen LogP contribution in [0.5, 0.6) is 5.75 Å². The Morgan fingerprint density at radius 3 is 2.55 bits per heavy atom. The average Bonchev–Trinajstić information content (AvgIpc) is 2.74. The molecule has 1 N–H and O–H groups in total. The fourth-order valence-electron chi connectivity index (χ4n) is 1.92. The van der Waals surface area contributed by atoms with Crippen molar-refractivity contribution in [3.05, 3.63) is 34.2 Å². The van der Waals surface area contributed by atoms with Crippen LogP contribution in [-0.2, 0) is 4.79 Å². The molecule has 1 heterocycles. The maximum absolute atomic E-state index is 10.4. The molecule has 0 aliphatic heterocycles. The monoisotopic (exact) mass is 291 g/mol. The zero-order valence-corrected chi connectivity index (χ0v) is 12.4. The van der Waals surface area contributed by atoms with E-state index in [1.54, 1.807) is 11.3 Å². The lowest BCUT2D eigenvalue weighted by Crippen LogP contribution is -2.01. The van der Waals surface area contributed by atoms with Gasteiger partial charge in [-0.25, -0.2) is 4.98 Å². The number of aryl methyl sites for hydroxylation is 2. The Morgan fingerprint density at radius 2 is 2.00 bits per heavy atom. The Labute approximate surface area is 122 Å². The van der Waals surface area contributed by atoms with Gasteiger partial charge in [-0.05, 0) is 44.5 Å². The molecule has 5 heteroatoms. The molecule has 0 unspecified atom stereocenters. The van der Waals surface area contributed by atoms with Crippen molar-refractivity contribution >= 4 is 17.3 Å². The van der Waals surface area contributed by atoms with E-state index >= 15 is 0 Å². The molecular weight excluding hydrogens is 274 g/mol. The van der Waals surface area contributed by atoms with Gasteiger partial charge in [0.25, 0.3) is 0 Å². The van der Waals surface area contributed by atoms with Gasteiger partial charge in [0.2, 0.25) is 0 Å². The van der Waals surface area contributed by atoms with Gasteiger partial charge in [-0.3, -0.25) is 4.79 Å². The minimum absolute atomic E-state index is 0.134. The summed E-state index contributed by atoms with van der Waals surface area (Å²) >= 11 is 1.69. The molecule has 1 aromatic carbocycles. The smallest absolute Gasteiger partial charge is 0.303 e. The highest BCUT2D eigenvalue weighted by molar-refractivity contribution is 7.11. The molecule has 0 bridgehead atoms. The fourth-order valence-corrected chi connectivity index (χ4v) is 2.76. The van der Waals surface area contributed by atoms with Crippen LogP contribution in [0, 0.1) is 13.8 Å². The lowest BCUT2D eigenvalue weighted by molar-refractivity contribution is -0.137. The first-order chi connectivity index (χ1) is 9.56. The summed E-state index contributed by atoms with van der Waals surface area (Å²) in [7, 11) is 0. The van der Waals surface area contributed by atoms with Crippen LogP contribution >= 0.6 is 11.3 Å². The third-order valence-electron chi connectivity index (χ3n) is 2.83. The summed E-state index contributed by atoms with van der Waals surface area (Å²) < 4.78 is 5.50. The number of hydrogen-bond donors (Lipinski definition) is 1. The lowest BCUT2D eigenvalue weighted by Gasteiger charge is -2.06. The maximum atomic E-state index is 10.4. The third-order valence-corrected chi connectivity index (χ3v) is 3.72. The van der Waals surface area contributed by atoms with E-state index in [0.717, 1.165) is 22.0 Å². The molecule has 0 saturated carbocycles. The number of carboxylic acids is 1. The van der Waals surface area contributed by atoms with Gasteiger partial charge in [-0.1, -0.05) is 0 Å². The summed E-state index contributed by atoms with van der Waals surface area (Å²) in [6.45, 7) is 4.48. The van der Waals surface area contributed by atoms with Crippen molar-refractivity contribution in [1.82, 2.24) is 4.98 Å². The quantitative estimate of drug-likeness (QED) is 0.825. The second kappa shape index (κ2) is 6.52. The molecule has 2 rings (SSSR count). The highest BCUT2D eigenvalue weighted by atomic mass is 32.1. The molecule has 0 radical (unpaired) electrons. The Morgan fingerprint density at radius 1 is 1.30 bits per heavy atom. The molecule has 4 nitrogen and oxygen atoms in total. The number of aromatic nitrogens is 1. The second-order valence-electron chi connectivity index (χ2n) is 4.51. The average molecular weight is 291 g/mol. The van der Waals surface area contributed by atoms with Crippen LogP contribution in [-0.4, -0.2) is 22.7 Å². The minimum Gasteiger partial charge on any atom is -0.494 e. The third kappa shape index (κ3) is 3.81. The second-order valence-corrected chi connectivity index (χ2v) is 5.92. The van der Waals surface area contributed by atoms with Gasteiger partial charge >= 0.3 is 5.97 Å². The van der Waals surface area contributed by atoms with Gasteiger partial charge in [0, 0.05) is 16.9 Å². The molecular formula is C15H17NO3S. The predicted molar refractivity (Wildman–Crippen MR) is 79.4 cm³/mol. The minimum atomic E-state index is -0.793. The summed E-state index contributed by atoms with van der Waals surface area (Å²) in [4.78, 5) is 16.1. The molecule has 0 aliphatic rings. The van der Waals surface area contributed by atoms with Crippen LogP contribution in [0.3, 0.4) is 0 Å². The number of rotatable bonds is 6. The zero-order valence-electron chi connectivity index (χ0n) is 11.5. The molecule has 106 valence electrons. The van der Waals surface area contributed by atoms with E-state index in [2.05, 4.69) is 11.9 Å². The van der Waals surface area contributed by atoms with E-state index in [1.807, 2.05) is 31.2 Å².